The third kappa shape index (κ3) is 8.98. The largest absolute Gasteiger partial charge is 0.490 e. The molecule has 4 aromatic rings. The summed E-state index contributed by atoms with van der Waals surface area (Å²) in [5.74, 6) is -1.07. The Hall–Kier alpha value is -6.57. The van der Waals surface area contributed by atoms with Gasteiger partial charge in [0, 0.05) is 31.4 Å². The van der Waals surface area contributed by atoms with E-state index in [1.807, 2.05) is 43.3 Å². The standard InChI is InChI=1S/C33H30N6O8/c1-4-46-31-19-23(12-16-30(31)47-29-17-15-26(38(42)43)20-28(29)39(44)45)21-34-36-33(41)27(35-32(40)24-8-6-5-7-9-24)18-22-10-13-25(14-11-22)37(2)3/h5-21H,4H2,1-3H3,(H,35,40)(H,36,41)/b27-18+,34-21+. The highest BCUT2D eigenvalue weighted by Crippen LogP contribution is 2.38. The number of nitro groups is 2. The zero-order valence-electron chi connectivity index (χ0n) is 25.6. The zero-order valence-corrected chi connectivity index (χ0v) is 25.6. The highest BCUT2D eigenvalue weighted by molar-refractivity contribution is 6.05. The predicted molar refractivity (Wildman–Crippen MR) is 176 cm³/mol. The van der Waals surface area contributed by atoms with Gasteiger partial charge in [-0.05, 0) is 72.7 Å². The second-order valence-corrected chi connectivity index (χ2v) is 9.97. The van der Waals surface area contributed by atoms with Crippen molar-refractivity contribution >= 4 is 41.2 Å². The van der Waals surface area contributed by atoms with Gasteiger partial charge in [-0.3, -0.25) is 29.8 Å². The Bertz CT molecular complexity index is 1840. The average Bonchev–Trinajstić information content (AvgIpc) is 3.06. The minimum absolute atomic E-state index is 0.0444. The number of anilines is 1. The van der Waals surface area contributed by atoms with E-state index in [1.165, 1.54) is 24.4 Å². The molecule has 2 N–H and O–H groups in total. The average molecular weight is 639 g/mol. The van der Waals surface area contributed by atoms with Crippen molar-refractivity contribution in [3.8, 4) is 17.2 Å². The quantitative estimate of drug-likeness (QED) is 0.0806. The van der Waals surface area contributed by atoms with Crippen LogP contribution in [0.5, 0.6) is 17.2 Å². The SMILES string of the molecule is CCOc1cc(/C=N/NC(=O)/C(=C\c2ccc(N(C)C)cc2)NC(=O)c2ccccc2)ccc1Oc1ccc([N+](=O)[O-])cc1[N+](=O)[O-]. The summed E-state index contributed by atoms with van der Waals surface area (Å²) in [7, 11) is 3.82. The van der Waals surface area contributed by atoms with Crippen molar-refractivity contribution in [2.45, 2.75) is 6.92 Å². The number of nitro benzene ring substituents is 2. The predicted octanol–water partition coefficient (Wildman–Crippen LogP) is 5.68. The van der Waals surface area contributed by atoms with E-state index in [0.29, 0.717) is 16.7 Å². The fraction of sp³-hybridized carbons (Fsp3) is 0.121. The lowest BCUT2D eigenvalue weighted by Crippen LogP contribution is -2.32. The van der Waals surface area contributed by atoms with E-state index in [-0.39, 0.29) is 29.6 Å². The molecule has 14 nitrogen and oxygen atoms in total. The van der Waals surface area contributed by atoms with Crippen LogP contribution in [0.25, 0.3) is 6.08 Å². The molecular formula is C33H30N6O8. The van der Waals surface area contributed by atoms with Crippen LogP contribution in [-0.4, -0.2) is 48.6 Å². The summed E-state index contributed by atoms with van der Waals surface area (Å²) >= 11 is 0. The Balaban J connectivity index is 1.55. The molecule has 240 valence electrons. The van der Waals surface area contributed by atoms with Gasteiger partial charge in [-0.2, -0.15) is 5.10 Å². The maximum Gasteiger partial charge on any atom is 0.318 e. The molecule has 4 aromatic carbocycles. The third-order valence-electron chi connectivity index (χ3n) is 6.47. The number of carbonyl (C=O) groups is 2. The maximum absolute atomic E-state index is 13.2. The molecule has 0 aliphatic rings. The molecule has 0 bridgehead atoms. The Morgan fingerprint density at radius 1 is 0.851 bits per heavy atom. The van der Waals surface area contributed by atoms with Crippen LogP contribution in [0.15, 0.2) is 102 Å². The number of nitrogens with zero attached hydrogens (tertiary/aromatic N) is 4. The Morgan fingerprint density at radius 2 is 1.53 bits per heavy atom. The minimum Gasteiger partial charge on any atom is -0.490 e. The molecule has 0 radical (unpaired) electrons. The highest BCUT2D eigenvalue weighted by Gasteiger charge is 2.22. The van der Waals surface area contributed by atoms with Crippen LogP contribution >= 0.6 is 0 Å². The van der Waals surface area contributed by atoms with E-state index in [9.17, 15) is 29.8 Å². The highest BCUT2D eigenvalue weighted by atomic mass is 16.6. The summed E-state index contributed by atoms with van der Waals surface area (Å²) in [6.07, 6.45) is 2.86. The molecule has 0 saturated heterocycles. The Kier molecular flexibility index (Phi) is 10.9. The normalized spacial score (nSPS) is 11.1. The lowest BCUT2D eigenvalue weighted by Gasteiger charge is -2.13. The topological polar surface area (TPSA) is 179 Å². The van der Waals surface area contributed by atoms with Crippen molar-refractivity contribution < 1.29 is 28.9 Å². The molecule has 2 amide bonds. The summed E-state index contributed by atoms with van der Waals surface area (Å²) in [6.45, 7) is 1.95. The van der Waals surface area contributed by atoms with Crippen molar-refractivity contribution in [1.82, 2.24) is 10.7 Å². The molecule has 0 fully saturated rings. The van der Waals surface area contributed by atoms with Crippen LogP contribution in [0.2, 0.25) is 0 Å². The molecule has 0 aliphatic heterocycles. The van der Waals surface area contributed by atoms with Crippen molar-refractivity contribution in [2.75, 3.05) is 25.6 Å². The Morgan fingerprint density at radius 3 is 2.17 bits per heavy atom. The van der Waals surface area contributed by atoms with Crippen LogP contribution in [-0.2, 0) is 4.79 Å². The van der Waals surface area contributed by atoms with Gasteiger partial charge in [-0.1, -0.05) is 30.3 Å². The molecule has 0 spiro atoms. The molecule has 47 heavy (non-hydrogen) atoms. The van der Waals surface area contributed by atoms with Crippen molar-refractivity contribution in [1.29, 1.82) is 0 Å². The minimum atomic E-state index is -0.782. The number of carbonyl (C=O) groups excluding carboxylic acids is 2. The summed E-state index contributed by atoms with van der Waals surface area (Å²) in [5, 5.41) is 29.3. The first kappa shape index (κ1) is 33.3. The van der Waals surface area contributed by atoms with Crippen LogP contribution in [0, 0.1) is 20.2 Å². The first-order valence-electron chi connectivity index (χ1n) is 14.1. The number of benzene rings is 4. The summed E-state index contributed by atoms with van der Waals surface area (Å²) in [4.78, 5) is 49.1. The van der Waals surface area contributed by atoms with Gasteiger partial charge in [0.2, 0.25) is 5.75 Å². The number of non-ortho nitro benzene ring substituents is 1. The van der Waals surface area contributed by atoms with Gasteiger partial charge >= 0.3 is 5.69 Å². The van der Waals surface area contributed by atoms with Crippen molar-refractivity contribution in [3.05, 3.63) is 134 Å². The van der Waals surface area contributed by atoms with Crippen LogP contribution in [0.4, 0.5) is 17.1 Å². The van der Waals surface area contributed by atoms with Gasteiger partial charge in [-0.15, -0.1) is 0 Å². The number of amides is 2. The molecule has 0 heterocycles. The lowest BCUT2D eigenvalue weighted by molar-refractivity contribution is -0.394. The van der Waals surface area contributed by atoms with E-state index < -0.39 is 33.0 Å². The monoisotopic (exact) mass is 638 g/mol. The van der Waals surface area contributed by atoms with E-state index in [4.69, 9.17) is 9.47 Å². The lowest BCUT2D eigenvalue weighted by atomic mass is 10.1. The zero-order chi connectivity index (χ0) is 33.9. The molecule has 0 saturated carbocycles. The van der Waals surface area contributed by atoms with Crippen LogP contribution < -0.4 is 25.1 Å². The number of rotatable bonds is 13. The van der Waals surface area contributed by atoms with Gasteiger partial charge in [0.05, 0.1) is 28.7 Å². The van der Waals surface area contributed by atoms with Gasteiger partial charge < -0.3 is 19.7 Å². The van der Waals surface area contributed by atoms with E-state index >= 15 is 0 Å². The van der Waals surface area contributed by atoms with Gasteiger partial charge in [0.25, 0.3) is 17.5 Å². The fourth-order valence-electron chi connectivity index (χ4n) is 4.13. The number of nitrogens with one attached hydrogen (secondary N) is 2. The van der Waals surface area contributed by atoms with Crippen LogP contribution in [0.1, 0.15) is 28.4 Å². The number of hydrogen-bond donors (Lipinski definition) is 2. The van der Waals surface area contributed by atoms with Crippen molar-refractivity contribution in [2.24, 2.45) is 5.10 Å². The summed E-state index contributed by atoms with van der Waals surface area (Å²) in [6, 6.07) is 23.4. The van der Waals surface area contributed by atoms with Crippen molar-refractivity contribution in [3.63, 3.8) is 0 Å². The molecule has 0 aromatic heterocycles. The number of hydrogen-bond acceptors (Lipinski definition) is 10. The first-order valence-corrected chi connectivity index (χ1v) is 14.1. The second-order valence-electron chi connectivity index (χ2n) is 9.97. The second kappa shape index (κ2) is 15.4. The third-order valence-corrected chi connectivity index (χ3v) is 6.47. The van der Waals surface area contributed by atoms with Gasteiger partial charge in [0.15, 0.2) is 11.5 Å². The number of hydrazone groups is 1. The molecule has 14 heteroatoms. The Labute approximate surface area is 269 Å². The van der Waals surface area contributed by atoms with Gasteiger partial charge in [-0.25, -0.2) is 5.43 Å². The molecular weight excluding hydrogens is 608 g/mol. The summed E-state index contributed by atoms with van der Waals surface area (Å²) < 4.78 is 11.4. The number of ether oxygens (including phenoxy) is 2. The van der Waals surface area contributed by atoms with Gasteiger partial charge in [0.1, 0.15) is 5.70 Å². The first-order chi connectivity index (χ1) is 22.5. The molecule has 0 atom stereocenters. The molecule has 0 unspecified atom stereocenters. The van der Waals surface area contributed by atoms with E-state index in [0.717, 1.165) is 23.9 Å². The summed E-state index contributed by atoms with van der Waals surface area (Å²) in [5.41, 5.74) is 3.79. The smallest absolute Gasteiger partial charge is 0.318 e. The maximum atomic E-state index is 13.2. The van der Waals surface area contributed by atoms with E-state index in [1.54, 1.807) is 43.3 Å². The fourth-order valence-corrected chi connectivity index (χ4v) is 4.13. The van der Waals surface area contributed by atoms with Crippen LogP contribution in [0.3, 0.4) is 0 Å². The van der Waals surface area contributed by atoms with E-state index in [2.05, 4.69) is 15.8 Å². The molecule has 4 rings (SSSR count). The molecule has 0 aliphatic carbocycles.